The van der Waals surface area contributed by atoms with Crippen molar-refractivity contribution >= 4 is 17.5 Å². The quantitative estimate of drug-likeness (QED) is 0.782. The number of carbonyl (C=O) groups is 1. The van der Waals surface area contributed by atoms with E-state index < -0.39 is 6.09 Å². The average molecular weight is 380 g/mol. The van der Waals surface area contributed by atoms with E-state index >= 15 is 0 Å². The van der Waals surface area contributed by atoms with Gasteiger partial charge in [0, 0.05) is 19.7 Å². The van der Waals surface area contributed by atoms with E-state index in [1.54, 1.807) is 12.1 Å². The molecule has 27 heavy (non-hydrogen) atoms. The molecule has 0 aromatic heterocycles. The number of hydrogen-bond donors (Lipinski definition) is 0. The van der Waals surface area contributed by atoms with Crippen LogP contribution in [0.3, 0.4) is 0 Å². The minimum absolute atomic E-state index is 0.225. The highest BCUT2D eigenvalue weighted by Crippen LogP contribution is 2.28. The van der Waals surface area contributed by atoms with Crippen LogP contribution >= 0.6 is 0 Å². The second-order valence-corrected chi connectivity index (χ2v) is 6.98. The van der Waals surface area contributed by atoms with Crippen LogP contribution in [0.15, 0.2) is 18.2 Å². The smallest absolute Gasteiger partial charge is 0.414 e. The van der Waals surface area contributed by atoms with Crippen molar-refractivity contribution in [3.05, 3.63) is 24.0 Å². The lowest BCUT2D eigenvalue weighted by Gasteiger charge is -2.29. The minimum atomic E-state index is -0.480. The molecule has 3 aliphatic heterocycles. The number of hydrogen-bond acceptors (Lipinski definition) is 6. The fourth-order valence-electron chi connectivity index (χ4n) is 3.60. The van der Waals surface area contributed by atoms with Crippen LogP contribution in [-0.2, 0) is 18.9 Å². The second kappa shape index (κ2) is 8.41. The average Bonchev–Trinajstić information content (AvgIpc) is 3.08. The van der Waals surface area contributed by atoms with Crippen LogP contribution in [0.4, 0.5) is 20.6 Å². The van der Waals surface area contributed by atoms with Crippen LogP contribution in [-0.4, -0.2) is 64.5 Å². The van der Waals surface area contributed by atoms with Gasteiger partial charge in [-0.05, 0) is 37.5 Å². The number of anilines is 2. The lowest BCUT2D eigenvalue weighted by molar-refractivity contribution is -0.172. The summed E-state index contributed by atoms with van der Waals surface area (Å²) in [4.78, 5) is 15.6. The molecule has 0 spiro atoms. The van der Waals surface area contributed by atoms with Gasteiger partial charge >= 0.3 is 6.09 Å². The molecule has 1 amide bonds. The summed E-state index contributed by atoms with van der Waals surface area (Å²) in [7, 11) is 0. The SMILES string of the molecule is O=C1O[C@H](CO[C@H]2CCCCO2)CN1c1ccc(N2CCOCC2)c(F)c1. The molecule has 0 bridgehead atoms. The van der Waals surface area contributed by atoms with Gasteiger partial charge in [-0.25, -0.2) is 9.18 Å². The number of halogens is 1. The van der Waals surface area contributed by atoms with Crippen LogP contribution in [0.5, 0.6) is 0 Å². The van der Waals surface area contributed by atoms with Crippen molar-refractivity contribution in [3.63, 3.8) is 0 Å². The van der Waals surface area contributed by atoms with Crippen molar-refractivity contribution in [1.29, 1.82) is 0 Å². The van der Waals surface area contributed by atoms with Crippen molar-refractivity contribution in [2.75, 3.05) is 55.9 Å². The maximum atomic E-state index is 14.6. The van der Waals surface area contributed by atoms with Crippen molar-refractivity contribution in [2.45, 2.75) is 31.7 Å². The summed E-state index contributed by atoms with van der Waals surface area (Å²) >= 11 is 0. The highest BCUT2D eigenvalue weighted by molar-refractivity contribution is 5.90. The molecule has 1 aromatic rings. The molecule has 4 rings (SSSR count). The number of rotatable bonds is 5. The summed E-state index contributed by atoms with van der Waals surface area (Å²) in [5.41, 5.74) is 1.02. The lowest BCUT2D eigenvalue weighted by Crippen LogP contribution is -2.36. The number of amides is 1. The zero-order valence-electron chi connectivity index (χ0n) is 15.3. The Morgan fingerprint density at radius 1 is 1.19 bits per heavy atom. The number of benzene rings is 1. The Morgan fingerprint density at radius 2 is 2.04 bits per heavy atom. The number of ether oxygens (including phenoxy) is 4. The molecule has 0 N–H and O–H groups in total. The molecule has 3 saturated heterocycles. The maximum absolute atomic E-state index is 14.6. The van der Waals surface area contributed by atoms with Gasteiger partial charge in [0.1, 0.15) is 11.9 Å². The molecule has 0 radical (unpaired) electrons. The minimum Gasteiger partial charge on any atom is -0.441 e. The first-order valence-electron chi connectivity index (χ1n) is 9.54. The van der Waals surface area contributed by atoms with Crippen LogP contribution in [0, 0.1) is 5.82 Å². The Bertz CT molecular complexity index is 662. The Kier molecular flexibility index (Phi) is 5.75. The molecule has 0 unspecified atom stereocenters. The Morgan fingerprint density at radius 3 is 2.78 bits per heavy atom. The molecule has 1 aromatic carbocycles. The molecule has 3 aliphatic rings. The normalized spacial score (nSPS) is 26.3. The van der Waals surface area contributed by atoms with E-state index in [2.05, 4.69) is 0 Å². The fraction of sp³-hybridized carbons (Fsp3) is 0.632. The summed E-state index contributed by atoms with van der Waals surface area (Å²) < 4.78 is 36.5. The third-order valence-electron chi connectivity index (χ3n) is 5.07. The summed E-state index contributed by atoms with van der Waals surface area (Å²) in [5.74, 6) is -0.350. The molecule has 7 nitrogen and oxygen atoms in total. The van der Waals surface area contributed by atoms with Crippen molar-refractivity contribution in [3.8, 4) is 0 Å². The van der Waals surface area contributed by atoms with E-state index in [9.17, 15) is 9.18 Å². The zero-order valence-corrected chi connectivity index (χ0v) is 15.3. The second-order valence-electron chi connectivity index (χ2n) is 6.98. The molecular formula is C19H25FN2O5. The molecule has 148 valence electrons. The van der Waals surface area contributed by atoms with Crippen molar-refractivity contribution < 1.29 is 28.1 Å². The van der Waals surface area contributed by atoms with E-state index in [1.165, 1.54) is 11.0 Å². The number of nitrogens with zero attached hydrogens (tertiary/aromatic N) is 2. The van der Waals surface area contributed by atoms with E-state index in [0.29, 0.717) is 50.8 Å². The lowest BCUT2D eigenvalue weighted by atomic mass is 10.2. The van der Waals surface area contributed by atoms with E-state index in [1.807, 2.05) is 4.90 Å². The molecular weight excluding hydrogens is 355 g/mol. The molecule has 0 saturated carbocycles. The third kappa shape index (κ3) is 4.34. The highest BCUT2D eigenvalue weighted by atomic mass is 19.1. The van der Waals surface area contributed by atoms with Gasteiger partial charge in [-0.1, -0.05) is 0 Å². The predicted molar refractivity (Wildman–Crippen MR) is 96.6 cm³/mol. The first kappa shape index (κ1) is 18.5. The van der Waals surface area contributed by atoms with Gasteiger partial charge < -0.3 is 23.8 Å². The first-order chi connectivity index (χ1) is 13.2. The summed E-state index contributed by atoms with van der Waals surface area (Å²) in [6, 6.07) is 4.85. The zero-order chi connectivity index (χ0) is 18.6. The van der Waals surface area contributed by atoms with Crippen LogP contribution in [0.2, 0.25) is 0 Å². The summed E-state index contributed by atoms with van der Waals surface area (Å²) in [6.07, 6.45) is 1.90. The van der Waals surface area contributed by atoms with Crippen LogP contribution in [0.1, 0.15) is 19.3 Å². The van der Waals surface area contributed by atoms with Gasteiger partial charge in [0.05, 0.1) is 37.7 Å². The topological polar surface area (TPSA) is 60.5 Å². The standard InChI is InChI=1S/C19H25FN2O5/c20-16-11-14(4-5-17(16)21-6-9-24-10-7-21)22-12-15(27-19(22)23)13-26-18-3-1-2-8-25-18/h4-5,11,15,18H,1-3,6-10,12-13H2/t15-,18-/m0/s1. The van der Waals surface area contributed by atoms with Gasteiger partial charge in [0.15, 0.2) is 6.29 Å². The van der Waals surface area contributed by atoms with Crippen molar-refractivity contribution in [1.82, 2.24) is 0 Å². The molecule has 2 atom stereocenters. The van der Waals surface area contributed by atoms with E-state index in [4.69, 9.17) is 18.9 Å². The van der Waals surface area contributed by atoms with Gasteiger partial charge in [-0.3, -0.25) is 4.90 Å². The number of cyclic esters (lactones) is 1. The van der Waals surface area contributed by atoms with Gasteiger partial charge in [0.25, 0.3) is 0 Å². The van der Waals surface area contributed by atoms with E-state index in [-0.39, 0.29) is 24.8 Å². The van der Waals surface area contributed by atoms with Crippen molar-refractivity contribution in [2.24, 2.45) is 0 Å². The van der Waals surface area contributed by atoms with E-state index in [0.717, 1.165) is 19.3 Å². The third-order valence-corrected chi connectivity index (χ3v) is 5.07. The highest BCUT2D eigenvalue weighted by Gasteiger charge is 2.34. The molecule has 0 aliphatic carbocycles. The molecule has 8 heteroatoms. The van der Waals surface area contributed by atoms with Gasteiger partial charge in [-0.2, -0.15) is 0 Å². The van der Waals surface area contributed by atoms with Gasteiger partial charge in [0.2, 0.25) is 0 Å². The Labute approximate surface area is 157 Å². The Balaban J connectivity index is 1.36. The fourth-order valence-corrected chi connectivity index (χ4v) is 3.60. The maximum Gasteiger partial charge on any atom is 0.414 e. The summed E-state index contributed by atoms with van der Waals surface area (Å²) in [6.45, 7) is 3.81. The van der Waals surface area contributed by atoms with Crippen LogP contribution in [0.25, 0.3) is 0 Å². The predicted octanol–water partition coefficient (Wildman–Crippen LogP) is 2.53. The molecule has 3 heterocycles. The molecule has 3 fully saturated rings. The van der Waals surface area contributed by atoms with Gasteiger partial charge in [-0.15, -0.1) is 0 Å². The first-order valence-corrected chi connectivity index (χ1v) is 9.54. The largest absolute Gasteiger partial charge is 0.441 e. The number of carbonyl (C=O) groups excluding carboxylic acids is 1. The van der Waals surface area contributed by atoms with Crippen LogP contribution < -0.4 is 9.80 Å². The monoisotopic (exact) mass is 380 g/mol. The Hall–Kier alpha value is -1.90. The summed E-state index contributed by atoms with van der Waals surface area (Å²) in [5, 5.41) is 0. The number of morpholine rings is 1.